The molecular formula is C24H28N2O3. The maximum Gasteiger partial charge on any atom is 0.266 e. The van der Waals surface area contributed by atoms with Gasteiger partial charge in [-0.15, -0.1) is 0 Å². The monoisotopic (exact) mass is 392 g/mol. The summed E-state index contributed by atoms with van der Waals surface area (Å²) in [5.41, 5.74) is 2.55. The van der Waals surface area contributed by atoms with Crippen molar-refractivity contribution in [2.24, 2.45) is 5.92 Å². The van der Waals surface area contributed by atoms with Crippen LogP contribution in [0.2, 0.25) is 0 Å². The number of hydrogen-bond donors (Lipinski definition) is 1. The minimum absolute atomic E-state index is 0.0165. The van der Waals surface area contributed by atoms with Crippen LogP contribution >= 0.6 is 0 Å². The molecule has 0 aliphatic heterocycles. The first-order valence-corrected chi connectivity index (χ1v) is 9.88. The molecule has 0 aliphatic carbocycles. The van der Waals surface area contributed by atoms with Crippen molar-refractivity contribution in [3.63, 3.8) is 0 Å². The van der Waals surface area contributed by atoms with E-state index in [4.69, 9.17) is 9.47 Å². The highest BCUT2D eigenvalue weighted by Gasteiger charge is 2.12. The van der Waals surface area contributed by atoms with Crippen molar-refractivity contribution in [2.45, 2.75) is 34.1 Å². The van der Waals surface area contributed by atoms with Crippen molar-refractivity contribution in [2.75, 3.05) is 18.5 Å². The predicted octanol–water partition coefficient (Wildman–Crippen LogP) is 5.23. The van der Waals surface area contributed by atoms with Gasteiger partial charge in [0.05, 0.1) is 13.2 Å². The maximum absolute atomic E-state index is 12.5. The number of ether oxygens (including phenoxy) is 2. The summed E-state index contributed by atoms with van der Waals surface area (Å²) in [4.78, 5) is 12.5. The van der Waals surface area contributed by atoms with Gasteiger partial charge >= 0.3 is 0 Å². The van der Waals surface area contributed by atoms with Gasteiger partial charge in [0.2, 0.25) is 0 Å². The predicted molar refractivity (Wildman–Crippen MR) is 116 cm³/mol. The van der Waals surface area contributed by atoms with Crippen molar-refractivity contribution >= 4 is 17.7 Å². The van der Waals surface area contributed by atoms with Gasteiger partial charge in [-0.3, -0.25) is 4.79 Å². The molecule has 0 aliphatic rings. The molecule has 0 aromatic heterocycles. The van der Waals surface area contributed by atoms with E-state index in [9.17, 15) is 10.1 Å². The molecule has 0 radical (unpaired) electrons. The summed E-state index contributed by atoms with van der Waals surface area (Å²) in [5, 5.41) is 12.2. The van der Waals surface area contributed by atoms with Crippen LogP contribution in [0.4, 0.5) is 5.69 Å². The molecule has 1 amide bonds. The Labute approximate surface area is 173 Å². The van der Waals surface area contributed by atoms with Gasteiger partial charge < -0.3 is 14.8 Å². The molecule has 0 bridgehead atoms. The van der Waals surface area contributed by atoms with E-state index in [0.29, 0.717) is 41.9 Å². The molecule has 2 aromatic carbocycles. The smallest absolute Gasteiger partial charge is 0.266 e. The van der Waals surface area contributed by atoms with Crippen molar-refractivity contribution in [3.8, 4) is 17.6 Å². The lowest BCUT2D eigenvalue weighted by atomic mass is 10.1. The quantitative estimate of drug-likeness (QED) is 0.469. The highest BCUT2D eigenvalue weighted by atomic mass is 16.5. The Morgan fingerprint density at radius 3 is 2.41 bits per heavy atom. The highest BCUT2D eigenvalue weighted by molar-refractivity contribution is 6.09. The molecule has 0 atom stereocenters. The molecule has 0 spiro atoms. The van der Waals surface area contributed by atoms with Crippen LogP contribution in [-0.2, 0) is 11.2 Å². The molecule has 152 valence electrons. The molecule has 0 heterocycles. The minimum atomic E-state index is -0.449. The van der Waals surface area contributed by atoms with Crippen LogP contribution in [0.5, 0.6) is 11.5 Å². The zero-order valence-electron chi connectivity index (χ0n) is 17.5. The van der Waals surface area contributed by atoms with Gasteiger partial charge in [0.1, 0.15) is 11.6 Å². The van der Waals surface area contributed by atoms with E-state index < -0.39 is 5.91 Å². The van der Waals surface area contributed by atoms with Gasteiger partial charge in [0.25, 0.3) is 5.91 Å². The van der Waals surface area contributed by atoms with E-state index in [0.717, 1.165) is 6.42 Å². The second-order valence-electron chi connectivity index (χ2n) is 7.02. The van der Waals surface area contributed by atoms with E-state index in [1.807, 2.05) is 37.3 Å². The Hall–Kier alpha value is -3.26. The number of rotatable bonds is 9. The summed E-state index contributed by atoms with van der Waals surface area (Å²) in [7, 11) is 0. The molecule has 29 heavy (non-hydrogen) atoms. The number of carbonyl (C=O) groups excluding carboxylic acids is 1. The summed E-state index contributed by atoms with van der Waals surface area (Å²) < 4.78 is 11.5. The topological polar surface area (TPSA) is 71.3 Å². The third-order valence-corrected chi connectivity index (χ3v) is 4.14. The third kappa shape index (κ3) is 6.69. The lowest BCUT2D eigenvalue weighted by molar-refractivity contribution is -0.112. The number of nitriles is 1. The largest absolute Gasteiger partial charge is 0.490 e. The zero-order chi connectivity index (χ0) is 21.2. The number of carbonyl (C=O) groups is 1. The lowest BCUT2D eigenvalue weighted by Gasteiger charge is -2.14. The fraction of sp³-hybridized carbons (Fsp3) is 0.333. The number of nitrogens with one attached hydrogen (secondary N) is 1. The number of nitrogens with zero attached hydrogens (tertiary/aromatic N) is 1. The molecule has 0 fully saturated rings. The second kappa shape index (κ2) is 10.9. The Kier molecular flexibility index (Phi) is 8.29. The lowest BCUT2D eigenvalue weighted by Crippen LogP contribution is -2.13. The van der Waals surface area contributed by atoms with Crippen LogP contribution in [-0.4, -0.2) is 19.1 Å². The van der Waals surface area contributed by atoms with Crippen LogP contribution < -0.4 is 14.8 Å². The van der Waals surface area contributed by atoms with Crippen LogP contribution in [0.1, 0.15) is 38.8 Å². The number of amides is 1. The standard InChI is InChI=1S/C24H28N2O3/c1-5-18-7-10-21(11-8-18)26-24(27)20(15-25)13-19-9-12-22(29-16-17(3)4)23(14-19)28-6-2/h7-14,17H,5-6,16H2,1-4H3,(H,26,27)/b20-13+. The van der Waals surface area contributed by atoms with Gasteiger partial charge in [0.15, 0.2) is 11.5 Å². The van der Waals surface area contributed by atoms with Crippen LogP contribution in [0.3, 0.4) is 0 Å². The first kappa shape index (κ1) is 22.0. The zero-order valence-corrected chi connectivity index (χ0v) is 17.5. The summed E-state index contributed by atoms with van der Waals surface area (Å²) in [5.74, 6) is 1.19. The van der Waals surface area contributed by atoms with Crippen LogP contribution in [0, 0.1) is 17.2 Å². The van der Waals surface area contributed by atoms with E-state index in [1.165, 1.54) is 5.56 Å². The second-order valence-corrected chi connectivity index (χ2v) is 7.02. The Morgan fingerprint density at radius 1 is 1.10 bits per heavy atom. The summed E-state index contributed by atoms with van der Waals surface area (Å²) in [6.07, 6.45) is 2.47. The Bertz CT molecular complexity index is 893. The van der Waals surface area contributed by atoms with Gasteiger partial charge in [-0.25, -0.2) is 0 Å². The maximum atomic E-state index is 12.5. The van der Waals surface area contributed by atoms with Crippen molar-refractivity contribution in [1.82, 2.24) is 0 Å². The average Bonchev–Trinajstić information content (AvgIpc) is 2.72. The summed E-state index contributed by atoms with van der Waals surface area (Å²) >= 11 is 0. The SMILES string of the molecule is CCOc1cc(/C=C(\C#N)C(=O)Nc2ccc(CC)cc2)ccc1OCC(C)C. The van der Waals surface area contributed by atoms with Crippen LogP contribution in [0.15, 0.2) is 48.0 Å². The Morgan fingerprint density at radius 2 is 1.83 bits per heavy atom. The molecule has 0 unspecified atom stereocenters. The Balaban J connectivity index is 2.20. The van der Waals surface area contributed by atoms with Gasteiger partial charge in [-0.05, 0) is 60.7 Å². The van der Waals surface area contributed by atoms with E-state index in [1.54, 1.807) is 24.3 Å². The summed E-state index contributed by atoms with van der Waals surface area (Å²) in [6.45, 7) is 9.19. The highest BCUT2D eigenvalue weighted by Crippen LogP contribution is 2.30. The molecule has 0 saturated carbocycles. The normalized spacial score (nSPS) is 11.1. The van der Waals surface area contributed by atoms with Crippen molar-refractivity contribution in [1.29, 1.82) is 5.26 Å². The molecule has 0 saturated heterocycles. The molecule has 2 aromatic rings. The first-order valence-electron chi connectivity index (χ1n) is 9.88. The van der Waals surface area contributed by atoms with E-state index in [2.05, 4.69) is 26.1 Å². The summed E-state index contributed by atoms with van der Waals surface area (Å²) in [6, 6.07) is 14.9. The number of benzene rings is 2. The van der Waals surface area contributed by atoms with Gasteiger partial charge in [-0.2, -0.15) is 5.26 Å². The fourth-order valence-electron chi connectivity index (χ4n) is 2.60. The number of aryl methyl sites for hydroxylation is 1. The fourth-order valence-corrected chi connectivity index (χ4v) is 2.60. The molecular weight excluding hydrogens is 364 g/mol. The first-order chi connectivity index (χ1) is 14.0. The van der Waals surface area contributed by atoms with E-state index in [-0.39, 0.29) is 5.57 Å². The third-order valence-electron chi connectivity index (χ3n) is 4.14. The number of anilines is 1. The molecule has 5 nitrogen and oxygen atoms in total. The van der Waals surface area contributed by atoms with Crippen molar-refractivity contribution < 1.29 is 14.3 Å². The number of hydrogen-bond acceptors (Lipinski definition) is 4. The van der Waals surface area contributed by atoms with Gasteiger partial charge in [-0.1, -0.05) is 39.0 Å². The van der Waals surface area contributed by atoms with Crippen molar-refractivity contribution in [3.05, 3.63) is 59.2 Å². The molecule has 1 N–H and O–H groups in total. The van der Waals surface area contributed by atoms with Gasteiger partial charge in [0, 0.05) is 5.69 Å². The molecule has 2 rings (SSSR count). The van der Waals surface area contributed by atoms with E-state index >= 15 is 0 Å². The minimum Gasteiger partial charge on any atom is -0.490 e. The molecule has 5 heteroatoms. The van der Waals surface area contributed by atoms with Crippen LogP contribution in [0.25, 0.3) is 6.08 Å². The average molecular weight is 392 g/mol.